The largest absolute Gasteiger partial charge is 0.323 e. The number of nitrogens with zero attached hydrogens (tertiary/aromatic N) is 2. The van der Waals surface area contributed by atoms with Crippen LogP contribution in [0.4, 0.5) is 0 Å². The molecule has 19 heavy (non-hydrogen) atoms. The van der Waals surface area contributed by atoms with E-state index in [4.69, 9.17) is 5.73 Å². The first kappa shape index (κ1) is 12.3. The molecule has 1 aliphatic carbocycles. The fourth-order valence-corrected chi connectivity index (χ4v) is 2.93. The summed E-state index contributed by atoms with van der Waals surface area (Å²) >= 11 is 0. The Morgan fingerprint density at radius 3 is 2.84 bits per heavy atom. The molecule has 2 aromatic rings. The number of rotatable bonds is 3. The predicted molar refractivity (Wildman–Crippen MR) is 76.6 cm³/mol. The van der Waals surface area contributed by atoms with Crippen molar-refractivity contribution < 1.29 is 0 Å². The van der Waals surface area contributed by atoms with Gasteiger partial charge in [0.25, 0.3) is 0 Å². The summed E-state index contributed by atoms with van der Waals surface area (Å²) < 4.78 is 0. The lowest BCUT2D eigenvalue weighted by Gasteiger charge is -2.27. The molecule has 0 bridgehead atoms. The molecule has 3 nitrogen and oxygen atoms in total. The second kappa shape index (κ2) is 5.11. The maximum atomic E-state index is 6.39. The molecule has 3 heteroatoms. The van der Waals surface area contributed by atoms with E-state index in [2.05, 4.69) is 47.3 Å². The zero-order chi connectivity index (χ0) is 13.2. The van der Waals surface area contributed by atoms with E-state index in [-0.39, 0.29) is 6.04 Å². The highest BCUT2D eigenvalue weighted by molar-refractivity contribution is 5.36. The Kier molecular flexibility index (Phi) is 3.32. The number of hydrogen-bond acceptors (Lipinski definition) is 3. The third-order valence-corrected chi connectivity index (χ3v) is 3.98. The summed E-state index contributed by atoms with van der Waals surface area (Å²) in [6.07, 6.45) is 4.76. The normalized spacial score (nSPS) is 21.6. The number of benzene rings is 1. The zero-order valence-corrected chi connectivity index (χ0v) is 11.2. The minimum atomic E-state index is 0.109. The molecule has 2 atom stereocenters. The molecule has 0 amide bonds. The van der Waals surface area contributed by atoms with E-state index in [1.807, 2.05) is 12.3 Å². The van der Waals surface area contributed by atoms with Gasteiger partial charge < -0.3 is 5.73 Å². The van der Waals surface area contributed by atoms with Crippen molar-refractivity contribution in [2.45, 2.75) is 25.0 Å². The standard InChI is InChI=1S/C16H19N3/c1-19(11-12-5-4-8-18-10-12)15-9-13-6-2-3-7-14(13)16(15)17/h2-8,10,15-16H,9,11,17H2,1H3. The van der Waals surface area contributed by atoms with Gasteiger partial charge in [-0.3, -0.25) is 9.88 Å². The smallest absolute Gasteiger partial charge is 0.0459 e. The second-order valence-corrected chi connectivity index (χ2v) is 5.27. The number of nitrogens with two attached hydrogens (primary N) is 1. The van der Waals surface area contributed by atoms with Crippen molar-refractivity contribution >= 4 is 0 Å². The zero-order valence-electron chi connectivity index (χ0n) is 11.2. The number of aromatic nitrogens is 1. The maximum absolute atomic E-state index is 6.39. The van der Waals surface area contributed by atoms with Crippen LogP contribution in [0, 0.1) is 0 Å². The Balaban J connectivity index is 1.74. The van der Waals surface area contributed by atoms with Crippen LogP contribution in [0.25, 0.3) is 0 Å². The average Bonchev–Trinajstić information content (AvgIpc) is 2.78. The Labute approximate surface area is 114 Å². The molecular formula is C16H19N3. The van der Waals surface area contributed by atoms with Crippen LogP contribution in [0.1, 0.15) is 22.7 Å². The van der Waals surface area contributed by atoms with Crippen molar-refractivity contribution in [2.24, 2.45) is 5.73 Å². The quantitative estimate of drug-likeness (QED) is 0.911. The first-order valence-corrected chi connectivity index (χ1v) is 6.68. The van der Waals surface area contributed by atoms with Crippen molar-refractivity contribution in [3.63, 3.8) is 0 Å². The van der Waals surface area contributed by atoms with Crippen LogP contribution >= 0.6 is 0 Å². The molecule has 0 saturated heterocycles. The molecule has 1 aromatic carbocycles. The Bertz CT molecular complexity index is 553. The molecule has 1 heterocycles. The van der Waals surface area contributed by atoms with E-state index in [9.17, 15) is 0 Å². The first-order chi connectivity index (χ1) is 9.25. The van der Waals surface area contributed by atoms with Crippen molar-refractivity contribution in [1.29, 1.82) is 0 Å². The van der Waals surface area contributed by atoms with Gasteiger partial charge in [-0.15, -0.1) is 0 Å². The third-order valence-electron chi connectivity index (χ3n) is 3.98. The molecule has 0 aliphatic heterocycles. The van der Waals surface area contributed by atoms with Crippen LogP contribution in [0.3, 0.4) is 0 Å². The van der Waals surface area contributed by atoms with Crippen molar-refractivity contribution in [2.75, 3.05) is 7.05 Å². The molecule has 2 N–H and O–H groups in total. The van der Waals surface area contributed by atoms with Crippen molar-refractivity contribution in [3.8, 4) is 0 Å². The van der Waals surface area contributed by atoms with E-state index in [1.165, 1.54) is 16.7 Å². The van der Waals surface area contributed by atoms with Crippen LogP contribution in [0.15, 0.2) is 48.8 Å². The van der Waals surface area contributed by atoms with Gasteiger partial charge in [0, 0.05) is 31.0 Å². The lowest BCUT2D eigenvalue weighted by Crippen LogP contribution is -2.38. The summed E-state index contributed by atoms with van der Waals surface area (Å²) in [5.41, 5.74) is 10.3. The van der Waals surface area contributed by atoms with Crippen molar-refractivity contribution in [3.05, 3.63) is 65.5 Å². The van der Waals surface area contributed by atoms with Gasteiger partial charge >= 0.3 is 0 Å². The predicted octanol–water partition coefficient (Wildman–Crippen LogP) is 2.14. The van der Waals surface area contributed by atoms with E-state index < -0.39 is 0 Å². The van der Waals surface area contributed by atoms with Gasteiger partial charge in [-0.25, -0.2) is 0 Å². The van der Waals surface area contributed by atoms with E-state index in [0.29, 0.717) is 6.04 Å². The van der Waals surface area contributed by atoms with E-state index >= 15 is 0 Å². The van der Waals surface area contributed by atoms with Crippen molar-refractivity contribution in [1.82, 2.24) is 9.88 Å². The summed E-state index contributed by atoms with van der Waals surface area (Å²) in [6.45, 7) is 0.889. The molecule has 0 spiro atoms. The SMILES string of the molecule is CN(Cc1cccnc1)C1Cc2ccccc2C1N. The van der Waals surface area contributed by atoms with Gasteiger partial charge in [0.05, 0.1) is 0 Å². The summed E-state index contributed by atoms with van der Waals surface area (Å²) in [4.78, 5) is 6.50. The summed E-state index contributed by atoms with van der Waals surface area (Å²) in [5, 5.41) is 0. The number of fused-ring (bicyclic) bond motifs is 1. The molecular weight excluding hydrogens is 234 g/mol. The summed E-state index contributed by atoms with van der Waals surface area (Å²) in [6, 6.07) is 13.1. The molecule has 2 unspecified atom stereocenters. The molecule has 3 rings (SSSR count). The Hall–Kier alpha value is -1.71. The highest BCUT2D eigenvalue weighted by atomic mass is 15.1. The highest BCUT2D eigenvalue weighted by Gasteiger charge is 2.31. The van der Waals surface area contributed by atoms with Gasteiger partial charge in [-0.05, 0) is 36.2 Å². The summed E-state index contributed by atoms with van der Waals surface area (Å²) in [7, 11) is 2.14. The third kappa shape index (κ3) is 2.39. The molecule has 1 aliphatic rings. The summed E-state index contributed by atoms with van der Waals surface area (Å²) in [5.74, 6) is 0. The Morgan fingerprint density at radius 1 is 1.26 bits per heavy atom. The first-order valence-electron chi connectivity index (χ1n) is 6.68. The molecule has 1 aromatic heterocycles. The molecule has 98 valence electrons. The highest BCUT2D eigenvalue weighted by Crippen LogP contribution is 2.32. The number of likely N-dealkylation sites (N-methyl/N-ethyl adjacent to an activating group) is 1. The van der Waals surface area contributed by atoms with Gasteiger partial charge in [-0.2, -0.15) is 0 Å². The average molecular weight is 253 g/mol. The second-order valence-electron chi connectivity index (χ2n) is 5.27. The maximum Gasteiger partial charge on any atom is 0.0459 e. The number of hydrogen-bond donors (Lipinski definition) is 1. The number of pyridine rings is 1. The molecule has 0 fully saturated rings. The minimum Gasteiger partial charge on any atom is -0.323 e. The molecule has 0 radical (unpaired) electrons. The van der Waals surface area contributed by atoms with Crippen LogP contribution in [0.5, 0.6) is 0 Å². The Morgan fingerprint density at radius 2 is 2.11 bits per heavy atom. The van der Waals surface area contributed by atoms with E-state index in [0.717, 1.165) is 13.0 Å². The molecule has 0 saturated carbocycles. The van der Waals surface area contributed by atoms with Crippen LogP contribution in [-0.4, -0.2) is 23.0 Å². The lowest BCUT2D eigenvalue weighted by atomic mass is 10.1. The topological polar surface area (TPSA) is 42.2 Å². The lowest BCUT2D eigenvalue weighted by molar-refractivity contribution is 0.214. The van der Waals surface area contributed by atoms with Gasteiger partial charge in [-0.1, -0.05) is 30.3 Å². The fourth-order valence-electron chi connectivity index (χ4n) is 2.93. The van der Waals surface area contributed by atoms with Crippen LogP contribution < -0.4 is 5.73 Å². The van der Waals surface area contributed by atoms with Crippen LogP contribution in [-0.2, 0) is 13.0 Å². The van der Waals surface area contributed by atoms with Crippen LogP contribution in [0.2, 0.25) is 0 Å². The minimum absolute atomic E-state index is 0.109. The van der Waals surface area contributed by atoms with Gasteiger partial charge in [0.15, 0.2) is 0 Å². The van der Waals surface area contributed by atoms with E-state index in [1.54, 1.807) is 6.20 Å². The van der Waals surface area contributed by atoms with Gasteiger partial charge in [0.1, 0.15) is 0 Å². The monoisotopic (exact) mass is 253 g/mol. The van der Waals surface area contributed by atoms with Gasteiger partial charge in [0.2, 0.25) is 0 Å². The fraction of sp³-hybridized carbons (Fsp3) is 0.312.